The second-order valence-electron chi connectivity index (χ2n) is 7.42. The Hall–Kier alpha value is -1.53. The number of carbonyl (C=O) groups is 1. The maximum absolute atomic E-state index is 12.6. The highest BCUT2D eigenvalue weighted by Gasteiger charge is 2.30. The largest absolute Gasteiger partial charge is 0.392 e. The van der Waals surface area contributed by atoms with E-state index in [1.54, 1.807) is 12.4 Å². The molecule has 1 aromatic heterocycles. The molecule has 130 valence electrons. The molecule has 1 N–H and O–H groups in total. The predicted octanol–water partition coefficient (Wildman–Crippen LogP) is 1.42. The average Bonchev–Trinajstić information content (AvgIpc) is 3.47. The van der Waals surface area contributed by atoms with Crippen molar-refractivity contribution in [2.24, 2.45) is 0 Å². The molecule has 1 saturated carbocycles. The Morgan fingerprint density at radius 3 is 2.38 bits per heavy atom. The molecule has 1 unspecified atom stereocenters. The van der Waals surface area contributed by atoms with E-state index in [4.69, 9.17) is 0 Å². The van der Waals surface area contributed by atoms with Crippen molar-refractivity contribution in [2.45, 2.75) is 56.6 Å². The van der Waals surface area contributed by atoms with Crippen LogP contribution in [0.5, 0.6) is 0 Å². The monoisotopic (exact) mass is 330 g/mol. The van der Waals surface area contributed by atoms with E-state index in [0.29, 0.717) is 17.5 Å². The van der Waals surface area contributed by atoms with Crippen molar-refractivity contribution in [3.05, 3.63) is 23.8 Å². The summed E-state index contributed by atoms with van der Waals surface area (Å²) in [4.78, 5) is 25.7. The van der Waals surface area contributed by atoms with Crippen LogP contribution in [0.2, 0.25) is 0 Å². The molecule has 6 heteroatoms. The molecular formula is C18H26N4O2. The number of hydrogen-bond donors (Lipinski definition) is 1. The highest BCUT2D eigenvalue weighted by Crippen LogP contribution is 2.37. The summed E-state index contributed by atoms with van der Waals surface area (Å²) >= 11 is 0. The Bertz CT molecular complexity index is 579. The SMILES string of the molecule is O=C(c1cnc(C2CC2)nc1)N1CCC(N2CCCC(O)C2)CC1. The maximum Gasteiger partial charge on any atom is 0.256 e. The van der Waals surface area contributed by atoms with Crippen LogP contribution in [0.4, 0.5) is 0 Å². The smallest absolute Gasteiger partial charge is 0.256 e. The Morgan fingerprint density at radius 1 is 1.04 bits per heavy atom. The van der Waals surface area contributed by atoms with Gasteiger partial charge < -0.3 is 10.0 Å². The molecule has 1 atom stereocenters. The zero-order valence-electron chi connectivity index (χ0n) is 14.1. The van der Waals surface area contributed by atoms with E-state index in [1.165, 1.54) is 12.8 Å². The lowest BCUT2D eigenvalue weighted by molar-refractivity contribution is 0.0240. The van der Waals surface area contributed by atoms with Gasteiger partial charge in [0.05, 0.1) is 11.7 Å². The van der Waals surface area contributed by atoms with Crippen LogP contribution in [0, 0.1) is 0 Å². The van der Waals surface area contributed by atoms with Gasteiger partial charge in [0.15, 0.2) is 0 Å². The van der Waals surface area contributed by atoms with E-state index in [9.17, 15) is 9.90 Å². The predicted molar refractivity (Wildman–Crippen MR) is 89.7 cm³/mol. The summed E-state index contributed by atoms with van der Waals surface area (Å²) < 4.78 is 0. The standard InChI is InChI=1S/C18H26N4O2/c23-16-2-1-7-22(12-16)15-5-8-21(9-6-15)18(24)14-10-19-17(20-11-14)13-3-4-13/h10-11,13,15-16,23H,1-9,12H2. The van der Waals surface area contributed by atoms with Crippen molar-refractivity contribution in [2.75, 3.05) is 26.2 Å². The molecule has 2 aliphatic heterocycles. The summed E-state index contributed by atoms with van der Waals surface area (Å²) in [5.41, 5.74) is 0.603. The van der Waals surface area contributed by atoms with Crippen molar-refractivity contribution in [3.63, 3.8) is 0 Å². The van der Waals surface area contributed by atoms with Gasteiger partial charge in [-0.25, -0.2) is 9.97 Å². The van der Waals surface area contributed by atoms with Crippen LogP contribution >= 0.6 is 0 Å². The number of piperidine rings is 2. The van der Waals surface area contributed by atoms with E-state index in [2.05, 4.69) is 14.9 Å². The van der Waals surface area contributed by atoms with E-state index in [1.807, 2.05) is 4.90 Å². The highest BCUT2D eigenvalue weighted by molar-refractivity contribution is 5.93. The van der Waals surface area contributed by atoms with Gasteiger partial charge in [-0.2, -0.15) is 0 Å². The van der Waals surface area contributed by atoms with Gasteiger partial charge in [0.25, 0.3) is 5.91 Å². The van der Waals surface area contributed by atoms with Gasteiger partial charge >= 0.3 is 0 Å². The van der Waals surface area contributed by atoms with Gasteiger partial charge in [-0.1, -0.05) is 0 Å². The third-order valence-electron chi connectivity index (χ3n) is 5.56. The molecule has 0 radical (unpaired) electrons. The molecule has 24 heavy (non-hydrogen) atoms. The van der Waals surface area contributed by atoms with Gasteiger partial charge in [0, 0.05) is 44.0 Å². The molecule has 0 aromatic carbocycles. The number of likely N-dealkylation sites (tertiary alicyclic amines) is 2. The van der Waals surface area contributed by atoms with E-state index in [-0.39, 0.29) is 12.0 Å². The Morgan fingerprint density at radius 2 is 1.75 bits per heavy atom. The van der Waals surface area contributed by atoms with Crippen molar-refractivity contribution < 1.29 is 9.90 Å². The minimum absolute atomic E-state index is 0.0504. The third kappa shape index (κ3) is 3.44. The molecule has 4 rings (SSSR count). The second-order valence-corrected chi connectivity index (χ2v) is 7.42. The molecule has 1 amide bonds. The van der Waals surface area contributed by atoms with Crippen molar-refractivity contribution >= 4 is 5.91 Å². The number of rotatable bonds is 3. The summed E-state index contributed by atoms with van der Waals surface area (Å²) in [7, 11) is 0. The zero-order chi connectivity index (χ0) is 16.5. The normalized spacial score (nSPS) is 26.5. The first-order chi connectivity index (χ1) is 11.7. The van der Waals surface area contributed by atoms with E-state index in [0.717, 1.165) is 57.7 Å². The van der Waals surface area contributed by atoms with Gasteiger partial charge in [-0.15, -0.1) is 0 Å². The van der Waals surface area contributed by atoms with Crippen molar-refractivity contribution in [1.82, 2.24) is 19.8 Å². The molecule has 0 spiro atoms. The first-order valence-corrected chi connectivity index (χ1v) is 9.24. The molecular weight excluding hydrogens is 304 g/mol. The Labute approximate surface area is 142 Å². The van der Waals surface area contributed by atoms with Crippen LogP contribution in [0.15, 0.2) is 12.4 Å². The summed E-state index contributed by atoms with van der Waals surface area (Å²) in [6.45, 7) is 3.42. The summed E-state index contributed by atoms with van der Waals surface area (Å²) in [5, 5.41) is 9.84. The molecule has 1 aliphatic carbocycles. The minimum Gasteiger partial charge on any atom is -0.392 e. The molecule has 3 fully saturated rings. The van der Waals surface area contributed by atoms with Gasteiger partial charge in [-0.3, -0.25) is 9.69 Å². The summed E-state index contributed by atoms with van der Waals surface area (Å²) in [5.74, 6) is 1.45. The number of aliphatic hydroxyl groups excluding tert-OH is 1. The first kappa shape index (κ1) is 16.0. The fourth-order valence-electron chi connectivity index (χ4n) is 3.93. The van der Waals surface area contributed by atoms with Crippen LogP contribution in [-0.2, 0) is 0 Å². The van der Waals surface area contributed by atoms with Crippen LogP contribution in [-0.4, -0.2) is 69.1 Å². The van der Waals surface area contributed by atoms with Crippen LogP contribution in [0.25, 0.3) is 0 Å². The number of aliphatic hydroxyl groups is 1. The fourth-order valence-corrected chi connectivity index (χ4v) is 3.93. The van der Waals surface area contributed by atoms with E-state index >= 15 is 0 Å². The van der Waals surface area contributed by atoms with Crippen molar-refractivity contribution in [3.8, 4) is 0 Å². The van der Waals surface area contributed by atoms with Crippen molar-refractivity contribution in [1.29, 1.82) is 0 Å². The molecule has 3 aliphatic rings. The molecule has 2 saturated heterocycles. The first-order valence-electron chi connectivity index (χ1n) is 9.24. The number of β-amino-alcohol motifs (C(OH)–C–C–N with tert-alkyl or cyclic N) is 1. The van der Waals surface area contributed by atoms with Gasteiger partial charge in [0.2, 0.25) is 0 Å². The summed E-state index contributed by atoms with van der Waals surface area (Å²) in [6.07, 6.45) is 9.51. The molecule has 1 aromatic rings. The lowest BCUT2D eigenvalue weighted by Crippen LogP contribution is -2.50. The molecule has 6 nitrogen and oxygen atoms in total. The maximum atomic E-state index is 12.6. The van der Waals surface area contributed by atoms with Gasteiger partial charge in [-0.05, 0) is 45.1 Å². The van der Waals surface area contributed by atoms with E-state index < -0.39 is 0 Å². The Balaban J connectivity index is 1.32. The highest BCUT2D eigenvalue weighted by atomic mass is 16.3. The number of carbonyl (C=O) groups excluding carboxylic acids is 1. The topological polar surface area (TPSA) is 69.6 Å². The fraction of sp³-hybridized carbons (Fsp3) is 0.722. The average molecular weight is 330 g/mol. The lowest BCUT2D eigenvalue weighted by Gasteiger charge is -2.41. The zero-order valence-corrected chi connectivity index (χ0v) is 14.1. The number of hydrogen-bond acceptors (Lipinski definition) is 5. The molecule has 0 bridgehead atoms. The summed E-state index contributed by atoms with van der Waals surface area (Å²) in [6, 6.07) is 0.498. The van der Waals surface area contributed by atoms with Crippen LogP contribution in [0.3, 0.4) is 0 Å². The quantitative estimate of drug-likeness (QED) is 0.907. The number of aromatic nitrogens is 2. The third-order valence-corrected chi connectivity index (χ3v) is 5.56. The minimum atomic E-state index is -0.180. The van der Waals surface area contributed by atoms with Crippen LogP contribution in [0.1, 0.15) is 60.6 Å². The number of amides is 1. The Kier molecular flexibility index (Phi) is 4.50. The van der Waals surface area contributed by atoms with Gasteiger partial charge in [0.1, 0.15) is 5.82 Å². The lowest BCUT2D eigenvalue weighted by atomic mass is 9.98. The number of nitrogens with zero attached hydrogens (tertiary/aromatic N) is 4. The molecule has 3 heterocycles. The second kappa shape index (κ2) is 6.76. The van der Waals surface area contributed by atoms with Crippen LogP contribution < -0.4 is 0 Å².